The third-order valence-corrected chi connectivity index (χ3v) is 5.77. The van der Waals surface area contributed by atoms with Crippen molar-refractivity contribution in [1.82, 2.24) is 20.2 Å². The van der Waals surface area contributed by atoms with Crippen LogP contribution >= 0.6 is 0 Å². The van der Waals surface area contributed by atoms with Gasteiger partial charge in [0.15, 0.2) is 9.84 Å². The number of hydrogen-bond donors (Lipinski definition) is 1. The van der Waals surface area contributed by atoms with Crippen LogP contribution in [0.4, 0.5) is 0 Å². The van der Waals surface area contributed by atoms with Gasteiger partial charge in [0.25, 0.3) is 11.8 Å². The van der Waals surface area contributed by atoms with E-state index in [0.717, 1.165) is 19.1 Å². The van der Waals surface area contributed by atoms with Crippen molar-refractivity contribution < 1.29 is 18.0 Å². The molecule has 2 heterocycles. The maximum atomic E-state index is 12.8. The number of carbonyl (C=O) groups is 2. The fourth-order valence-corrected chi connectivity index (χ4v) is 3.87. The molecule has 0 spiro atoms. The molecule has 8 nitrogen and oxygen atoms in total. The van der Waals surface area contributed by atoms with Crippen molar-refractivity contribution in [2.45, 2.75) is 17.7 Å². The fraction of sp³-hybridized carbons (Fsp3) is 0.368. The molecule has 0 radical (unpaired) electrons. The minimum Gasteiger partial charge on any atom is -0.350 e. The van der Waals surface area contributed by atoms with Crippen LogP contribution in [0.15, 0.2) is 47.8 Å². The van der Waals surface area contributed by atoms with Gasteiger partial charge in [0.05, 0.1) is 11.1 Å². The van der Waals surface area contributed by atoms with E-state index >= 15 is 0 Å². The molecule has 1 fully saturated rings. The number of nitrogens with one attached hydrogen (secondary N) is 1. The number of aromatic nitrogens is 2. The molecule has 9 heteroatoms. The summed E-state index contributed by atoms with van der Waals surface area (Å²) in [7, 11) is -3.37. The van der Waals surface area contributed by atoms with E-state index in [0.29, 0.717) is 25.2 Å². The molecule has 1 aliphatic heterocycles. The Balaban J connectivity index is 1.61. The van der Waals surface area contributed by atoms with E-state index in [-0.39, 0.29) is 28.3 Å². The van der Waals surface area contributed by atoms with Crippen LogP contribution in [0, 0.1) is 5.92 Å². The molecule has 0 bridgehead atoms. The van der Waals surface area contributed by atoms with Gasteiger partial charge in [-0.05, 0) is 37.0 Å². The van der Waals surface area contributed by atoms with Gasteiger partial charge in [-0.3, -0.25) is 14.6 Å². The molecule has 1 aliphatic rings. The predicted molar refractivity (Wildman–Crippen MR) is 103 cm³/mol. The van der Waals surface area contributed by atoms with Crippen molar-refractivity contribution in [3.05, 3.63) is 54.1 Å². The Labute approximate surface area is 163 Å². The smallest absolute Gasteiger partial charge is 0.271 e. The maximum absolute atomic E-state index is 12.8. The van der Waals surface area contributed by atoms with Gasteiger partial charge in [-0.1, -0.05) is 6.07 Å². The number of likely N-dealkylation sites (tertiary alicyclic amines) is 1. The van der Waals surface area contributed by atoms with E-state index in [4.69, 9.17) is 0 Å². The number of benzene rings is 1. The molecule has 1 atom stereocenters. The number of amides is 2. The van der Waals surface area contributed by atoms with Crippen molar-refractivity contribution in [3.63, 3.8) is 0 Å². The van der Waals surface area contributed by atoms with Gasteiger partial charge >= 0.3 is 0 Å². The Hall–Kier alpha value is -2.81. The number of rotatable bonds is 5. The number of carbonyl (C=O) groups excluding carboxylic acids is 2. The van der Waals surface area contributed by atoms with Crippen LogP contribution in [0.25, 0.3) is 0 Å². The minimum atomic E-state index is -3.37. The zero-order valence-electron chi connectivity index (χ0n) is 15.5. The normalized spacial score (nSPS) is 17.2. The van der Waals surface area contributed by atoms with Crippen LogP contribution in [0.3, 0.4) is 0 Å². The third-order valence-electron chi connectivity index (χ3n) is 4.66. The summed E-state index contributed by atoms with van der Waals surface area (Å²) in [5.41, 5.74) is 0.607. The molecule has 0 saturated carbocycles. The summed E-state index contributed by atoms with van der Waals surface area (Å²) in [4.78, 5) is 34.6. The van der Waals surface area contributed by atoms with Crippen LogP contribution in [0.1, 0.15) is 33.7 Å². The van der Waals surface area contributed by atoms with Gasteiger partial charge in [-0.15, -0.1) is 0 Å². The molecule has 1 aromatic heterocycles. The lowest BCUT2D eigenvalue weighted by Gasteiger charge is -2.33. The molecule has 1 N–H and O–H groups in total. The van der Waals surface area contributed by atoms with Crippen LogP contribution in [0.2, 0.25) is 0 Å². The molecule has 0 aliphatic carbocycles. The van der Waals surface area contributed by atoms with Crippen LogP contribution < -0.4 is 5.32 Å². The standard InChI is InChI=1S/C19H22N4O4S/c1-28(26,27)16-6-2-5-15(10-16)19(25)23-9-3-4-14(13-23)11-22-18(24)17-12-20-7-8-21-17/h2,5-8,10,12,14H,3-4,9,11,13H2,1H3,(H,22,24). The lowest BCUT2D eigenvalue weighted by atomic mass is 9.97. The topological polar surface area (TPSA) is 109 Å². The van der Waals surface area contributed by atoms with E-state index < -0.39 is 9.84 Å². The Morgan fingerprint density at radius 1 is 1.29 bits per heavy atom. The van der Waals surface area contributed by atoms with E-state index in [1.807, 2.05) is 0 Å². The average molecular weight is 402 g/mol. The molecule has 1 aromatic carbocycles. The SMILES string of the molecule is CS(=O)(=O)c1cccc(C(=O)N2CCCC(CNC(=O)c3cnccn3)C2)c1. The lowest BCUT2D eigenvalue weighted by molar-refractivity contribution is 0.0670. The van der Waals surface area contributed by atoms with Crippen molar-refractivity contribution in [2.24, 2.45) is 5.92 Å². The van der Waals surface area contributed by atoms with Gasteiger partial charge in [0, 0.05) is 43.8 Å². The summed E-state index contributed by atoms with van der Waals surface area (Å²) in [6.45, 7) is 1.54. The Morgan fingerprint density at radius 3 is 2.82 bits per heavy atom. The number of sulfone groups is 1. The number of nitrogens with zero attached hydrogens (tertiary/aromatic N) is 3. The number of hydrogen-bond acceptors (Lipinski definition) is 6. The molecule has 2 amide bonds. The average Bonchev–Trinajstić information content (AvgIpc) is 2.72. The van der Waals surface area contributed by atoms with Gasteiger partial charge in [-0.25, -0.2) is 13.4 Å². The molecular formula is C19H22N4O4S. The second-order valence-electron chi connectivity index (χ2n) is 6.86. The van der Waals surface area contributed by atoms with Gasteiger partial charge in [-0.2, -0.15) is 0 Å². The zero-order chi connectivity index (χ0) is 20.1. The van der Waals surface area contributed by atoms with Crippen molar-refractivity contribution in [1.29, 1.82) is 0 Å². The highest BCUT2D eigenvalue weighted by atomic mass is 32.2. The van der Waals surface area contributed by atoms with Crippen molar-refractivity contribution in [3.8, 4) is 0 Å². The molecular weight excluding hydrogens is 380 g/mol. The second kappa shape index (κ2) is 8.47. The maximum Gasteiger partial charge on any atom is 0.271 e. The van der Waals surface area contributed by atoms with E-state index in [1.165, 1.54) is 30.7 Å². The van der Waals surface area contributed by atoms with Crippen molar-refractivity contribution >= 4 is 21.7 Å². The quantitative estimate of drug-likeness (QED) is 0.804. The van der Waals surface area contributed by atoms with E-state index in [1.54, 1.807) is 17.0 Å². The summed E-state index contributed by atoms with van der Waals surface area (Å²) in [6, 6.07) is 6.09. The molecule has 148 valence electrons. The predicted octanol–water partition coefficient (Wildman–Crippen LogP) is 1.16. The monoisotopic (exact) mass is 402 g/mol. The summed E-state index contributed by atoms with van der Waals surface area (Å²) >= 11 is 0. The van der Waals surface area contributed by atoms with Gasteiger partial charge < -0.3 is 10.2 Å². The zero-order valence-corrected chi connectivity index (χ0v) is 16.4. The Bertz CT molecular complexity index is 963. The summed E-state index contributed by atoms with van der Waals surface area (Å²) in [5, 5.41) is 2.84. The van der Waals surface area contributed by atoms with E-state index in [2.05, 4.69) is 15.3 Å². The first-order valence-corrected chi connectivity index (χ1v) is 10.9. The molecule has 1 saturated heterocycles. The highest BCUT2D eigenvalue weighted by Crippen LogP contribution is 2.20. The van der Waals surface area contributed by atoms with Crippen molar-refractivity contribution in [2.75, 3.05) is 25.9 Å². The Morgan fingerprint density at radius 2 is 2.11 bits per heavy atom. The molecule has 2 aromatic rings. The molecule has 1 unspecified atom stereocenters. The lowest BCUT2D eigenvalue weighted by Crippen LogP contribution is -2.43. The summed E-state index contributed by atoms with van der Waals surface area (Å²) < 4.78 is 23.5. The first-order valence-electron chi connectivity index (χ1n) is 8.98. The fourth-order valence-electron chi connectivity index (χ4n) is 3.20. The molecule has 28 heavy (non-hydrogen) atoms. The molecule has 3 rings (SSSR count). The van der Waals surface area contributed by atoms with Gasteiger partial charge in [0.1, 0.15) is 5.69 Å². The highest BCUT2D eigenvalue weighted by Gasteiger charge is 2.25. The Kier molecular flexibility index (Phi) is 6.03. The third kappa shape index (κ3) is 4.92. The largest absolute Gasteiger partial charge is 0.350 e. The van der Waals surface area contributed by atoms with E-state index in [9.17, 15) is 18.0 Å². The minimum absolute atomic E-state index is 0.122. The van der Waals surface area contributed by atoms with Crippen LogP contribution in [-0.2, 0) is 9.84 Å². The van der Waals surface area contributed by atoms with Crippen LogP contribution in [-0.4, -0.2) is 61.0 Å². The van der Waals surface area contributed by atoms with Crippen LogP contribution in [0.5, 0.6) is 0 Å². The van der Waals surface area contributed by atoms with Gasteiger partial charge in [0.2, 0.25) is 0 Å². The number of piperidine rings is 1. The summed E-state index contributed by atoms with van der Waals surface area (Å²) in [5.74, 6) is -0.371. The first-order chi connectivity index (χ1) is 13.3. The first kappa shape index (κ1) is 19.9. The summed E-state index contributed by atoms with van der Waals surface area (Å²) in [6.07, 6.45) is 7.20. The second-order valence-corrected chi connectivity index (χ2v) is 8.88. The highest BCUT2D eigenvalue weighted by molar-refractivity contribution is 7.90.